The highest BCUT2D eigenvalue weighted by molar-refractivity contribution is 6.31. The first kappa shape index (κ1) is 15.3. The van der Waals surface area contributed by atoms with E-state index in [0.29, 0.717) is 17.1 Å². The van der Waals surface area contributed by atoms with Crippen molar-refractivity contribution in [3.05, 3.63) is 63.9 Å². The number of carbonyl (C=O) groups is 1. The van der Waals surface area contributed by atoms with Gasteiger partial charge in [0.05, 0.1) is 0 Å². The average Bonchev–Trinajstić information content (AvgIpc) is 2.47. The van der Waals surface area contributed by atoms with E-state index in [1.165, 1.54) is 12.1 Å². The third kappa shape index (κ3) is 3.52. The number of benzene rings is 2. The lowest BCUT2D eigenvalue weighted by atomic mass is 10.1. The Kier molecular flexibility index (Phi) is 4.81. The van der Waals surface area contributed by atoms with E-state index in [2.05, 4.69) is 10.6 Å². The molecule has 2 N–H and O–H groups in total. The molecule has 0 aliphatic heterocycles. The smallest absolute Gasteiger partial charge is 0.251 e. The summed E-state index contributed by atoms with van der Waals surface area (Å²) < 4.78 is 13.0. The molecule has 2 aromatic carbocycles. The van der Waals surface area contributed by atoms with Crippen molar-refractivity contribution >= 4 is 23.2 Å². The van der Waals surface area contributed by atoms with Gasteiger partial charge < -0.3 is 10.6 Å². The maximum Gasteiger partial charge on any atom is 0.251 e. The monoisotopic (exact) mass is 306 g/mol. The summed E-state index contributed by atoms with van der Waals surface area (Å²) in [7, 11) is 1.60. The Bertz CT molecular complexity index is 673. The van der Waals surface area contributed by atoms with Gasteiger partial charge in [-0.05, 0) is 42.3 Å². The molecule has 0 fully saturated rings. The summed E-state index contributed by atoms with van der Waals surface area (Å²) >= 11 is 6.00. The Labute approximate surface area is 128 Å². The molecule has 5 heteroatoms. The minimum absolute atomic E-state index is 0.129. The Morgan fingerprint density at radius 3 is 2.71 bits per heavy atom. The van der Waals surface area contributed by atoms with E-state index in [-0.39, 0.29) is 11.7 Å². The fraction of sp³-hybridized carbons (Fsp3) is 0.188. The molecular weight excluding hydrogens is 291 g/mol. The van der Waals surface area contributed by atoms with E-state index in [0.717, 1.165) is 16.8 Å². The van der Waals surface area contributed by atoms with E-state index in [4.69, 9.17) is 11.6 Å². The highest BCUT2D eigenvalue weighted by atomic mass is 35.5. The van der Waals surface area contributed by atoms with Crippen molar-refractivity contribution in [3.63, 3.8) is 0 Å². The molecule has 3 nitrogen and oxygen atoms in total. The van der Waals surface area contributed by atoms with Gasteiger partial charge in [-0.25, -0.2) is 4.39 Å². The van der Waals surface area contributed by atoms with Gasteiger partial charge in [-0.2, -0.15) is 0 Å². The predicted octanol–water partition coefficient (Wildman–Crippen LogP) is 3.76. The molecule has 0 heterocycles. The van der Waals surface area contributed by atoms with Crippen molar-refractivity contribution in [2.45, 2.75) is 13.5 Å². The van der Waals surface area contributed by atoms with Crippen molar-refractivity contribution in [2.75, 3.05) is 12.4 Å². The van der Waals surface area contributed by atoms with E-state index in [1.54, 1.807) is 19.2 Å². The molecule has 0 aliphatic rings. The van der Waals surface area contributed by atoms with Crippen LogP contribution in [0.4, 0.5) is 10.1 Å². The molecule has 0 spiro atoms. The Morgan fingerprint density at radius 2 is 2.05 bits per heavy atom. The van der Waals surface area contributed by atoms with Crippen LogP contribution in [0.25, 0.3) is 0 Å². The minimum Gasteiger partial charge on any atom is -0.381 e. The second-order valence-corrected chi connectivity index (χ2v) is 5.05. The SMILES string of the molecule is CNC(=O)c1cccc(NCc2ccc(F)cc2Cl)c1C. The summed E-state index contributed by atoms with van der Waals surface area (Å²) in [6.07, 6.45) is 0. The van der Waals surface area contributed by atoms with E-state index >= 15 is 0 Å². The van der Waals surface area contributed by atoms with Crippen LogP contribution >= 0.6 is 11.6 Å². The standard InChI is InChI=1S/C16H16ClFN2O/c1-10-13(16(21)19-2)4-3-5-15(10)20-9-11-6-7-12(18)8-14(11)17/h3-8,20H,9H2,1-2H3,(H,19,21). The largest absolute Gasteiger partial charge is 0.381 e. The van der Waals surface area contributed by atoms with Gasteiger partial charge in [-0.1, -0.05) is 23.7 Å². The molecule has 0 atom stereocenters. The zero-order chi connectivity index (χ0) is 15.4. The lowest BCUT2D eigenvalue weighted by Gasteiger charge is -2.13. The predicted molar refractivity (Wildman–Crippen MR) is 83.3 cm³/mol. The number of nitrogens with one attached hydrogen (secondary N) is 2. The average molecular weight is 307 g/mol. The van der Waals surface area contributed by atoms with Gasteiger partial charge in [-0.15, -0.1) is 0 Å². The van der Waals surface area contributed by atoms with Crippen LogP contribution < -0.4 is 10.6 Å². The first-order valence-corrected chi connectivity index (χ1v) is 6.90. The van der Waals surface area contributed by atoms with Gasteiger partial charge in [0.15, 0.2) is 0 Å². The molecule has 1 amide bonds. The third-order valence-corrected chi connectivity index (χ3v) is 3.64. The number of hydrogen-bond donors (Lipinski definition) is 2. The molecule has 21 heavy (non-hydrogen) atoms. The van der Waals surface area contributed by atoms with Crippen molar-refractivity contribution in [1.29, 1.82) is 0 Å². The lowest BCUT2D eigenvalue weighted by Crippen LogP contribution is -2.19. The summed E-state index contributed by atoms with van der Waals surface area (Å²) in [5.74, 6) is -0.488. The zero-order valence-electron chi connectivity index (χ0n) is 11.8. The zero-order valence-corrected chi connectivity index (χ0v) is 12.6. The number of hydrogen-bond acceptors (Lipinski definition) is 2. The van der Waals surface area contributed by atoms with Crippen LogP contribution in [0.3, 0.4) is 0 Å². The second kappa shape index (κ2) is 6.59. The molecule has 0 bridgehead atoms. The summed E-state index contributed by atoms with van der Waals surface area (Å²) in [5.41, 5.74) is 3.11. The van der Waals surface area contributed by atoms with Crippen LogP contribution in [-0.4, -0.2) is 13.0 Å². The topological polar surface area (TPSA) is 41.1 Å². The molecule has 2 aromatic rings. The van der Waals surface area contributed by atoms with Gasteiger partial charge >= 0.3 is 0 Å². The molecule has 2 rings (SSSR count). The quantitative estimate of drug-likeness (QED) is 0.903. The Hall–Kier alpha value is -2.07. The van der Waals surface area contributed by atoms with E-state index in [9.17, 15) is 9.18 Å². The summed E-state index contributed by atoms with van der Waals surface area (Å²) in [4.78, 5) is 11.8. The molecule has 0 saturated heterocycles. The summed E-state index contributed by atoms with van der Waals surface area (Å²) in [5, 5.41) is 6.21. The normalized spacial score (nSPS) is 10.3. The third-order valence-electron chi connectivity index (χ3n) is 3.29. The Morgan fingerprint density at radius 1 is 1.29 bits per heavy atom. The fourth-order valence-corrected chi connectivity index (χ4v) is 2.30. The number of halogens is 2. The second-order valence-electron chi connectivity index (χ2n) is 4.65. The van der Waals surface area contributed by atoms with E-state index in [1.807, 2.05) is 19.1 Å². The first-order chi connectivity index (χ1) is 10.0. The van der Waals surface area contributed by atoms with Gasteiger partial charge in [0.25, 0.3) is 5.91 Å². The van der Waals surface area contributed by atoms with Crippen LogP contribution in [0.2, 0.25) is 5.02 Å². The highest BCUT2D eigenvalue weighted by Crippen LogP contribution is 2.22. The minimum atomic E-state index is -0.360. The maximum atomic E-state index is 13.0. The van der Waals surface area contributed by atoms with Gasteiger partial charge in [0.1, 0.15) is 5.82 Å². The fourth-order valence-electron chi connectivity index (χ4n) is 2.06. The van der Waals surface area contributed by atoms with Crippen LogP contribution in [0.15, 0.2) is 36.4 Å². The van der Waals surface area contributed by atoms with Crippen molar-refractivity contribution < 1.29 is 9.18 Å². The van der Waals surface area contributed by atoms with Crippen LogP contribution in [0.1, 0.15) is 21.5 Å². The van der Waals surface area contributed by atoms with Crippen LogP contribution in [-0.2, 0) is 6.54 Å². The van der Waals surface area contributed by atoms with Gasteiger partial charge in [0, 0.05) is 29.9 Å². The van der Waals surface area contributed by atoms with Crippen molar-refractivity contribution in [2.24, 2.45) is 0 Å². The molecule has 0 aromatic heterocycles. The number of rotatable bonds is 4. The molecule has 0 unspecified atom stereocenters. The highest BCUT2D eigenvalue weighted by Gasteiger charge is 2.10. The van der Waals surface area contributed by atoms with Gasteiger partial charge in [-0.3, -0.25) is 4.79 Å². The number of amides is 1. The van der Waals surface area contributed by atoms with Crippen molar-refractivity contribution in [3.8, 4) is 0 Å². The summed E-state index contributed by atoms with van der Waals surface area (Å²) in [6.45, 7) is 2.33. The first-order valence-electron chi connectivity index (χ1n) is 6.52. The summed E-state index contributed by atoms with van der Waals surface area (Å²) in [6, 6.07) is 9.77. The van der Waals surface area contributed by atoms with Crippen LogP contribution in [0, 0.1) is 12.7 Å². The molecule has 110 valence electrons. The molecular formula is C16H16ClFN2O. The number of anilines is 1. The molecule has 0 saturated carbocycles. The van der Waals surface area contributed by atoms with E-state index < -0.39 is 0 Å². The number of carbonyl (C=O) groups excluding carboxylic acids is 1. The molecule has 0 radical (unpaired) electrons. The van der Waals surface area contributed by atoms with Gasteiger partial charge in [0.2, 0.25) is 0 Å². The van der Waals surface area contributed by atoms with Crippen molar-refractivity contribution in [1.82, 2.24) is 5.32 Å². The Balaban J connectivity index is 2.18. The molecule has 0 aliphatic carbocycles. The lowest BCUT2D eigenvalue weighted by molar-refractivity contribution is 0.0962. The van der Waals surface area contributed by atoms with Crippen LogP contribution in [0.5, 0.6) is 0 Å². The maximum absolute atomic E-state index is 13.0.